The van der Waals surface area contributed by atoms with Crippen LogP contribution in [0.3, 0.4) is 0 Å². The molecule has 1 aromatic carbocycles. The minimum atomic E-state index is 0.489. The summed E-state index contributed by atoms with van der Waals surface area (Å²) in [6.07, 6.45) is 3.57. The van der Waals surface area contributed by atoms with E-state index in [4.69, 9.17) is 0 Å². The lowest BCUT2D eigenvalue weighted by atomic mass is 9.98. The van der Waals surface area contributed by atoms with Gasteiger partial charge in [0, 0.05) is 44.5 Å². The van der Waals surface area contributed by atoms with E-state index in [0.29, 0.717) is 6.04 Å². The number of nitrogens with zero attached hydrogens (tertiary/aromatic N) is 2. The molecule has 1 saturated heterocycles. The summed E-state index contributed by atoms with van der Waals surface area (Å²) in [6, 6.07) is 7.41. The first kappa shape index (κ1) is 14.8. The van der Waals surface area contributed by atoms with Crippen LogP contribution in [-0.2, 0) is 12.8 Å². The number of fused-ring (bicyclic) bond motifs is 1. The fourth-order valence-corrected chi connectivity index (χ4v) is 3.30. The standard InChI is InChI=1S/C17H28N4/c1-14(19-21-10-8-20(2)9-11-21)12-15-5-6-17-16(13-15)4-3-7-18-17/h5-6,13-14,18-19H,3-4,7-12H2,1-2H3. The molecule has 0 bridgehead atoms. The summed E-state index contributed by atoms with van der Waals surface area (Å²) in [5.74, 6) is 0. The number of nitrogens with one attached hydrogen (secondary N) is 2. The lowest BCUT2D eigenvalue weighted by Crippen LogP contribution is -2.53. The van der Waals surface area contributed by atoms with Gasteiger partial charge in [-0.1, -0.05) is 12.1 Å². The van der Waals surface area contributed by atoms with E-state index in [-0.39, 0.29) is 0 Å². The van der Waals surface area contributed by atoms with Crippen LogP contribution >= 0.6 is 0 Å². The third-order valence-corrected chi connectivity index (χ3v) is 4.56. The average Bonchev–Trinajstić information content (AvgIpc) is 2.49. The van der Waals surface area contributed by atoms with Gasteiger partial charge in [0.1, 0.15) is 0 Å². The summed E-state index contributed by atoms with van der Waals surface area (Å²) in [4.78, 5) is 2.39. The van der Waals surface area contributed by atoms with Gasteiger partial charge in [-0.3, -0.25) is 5.43 Å². The monoisotopic (exact) mass is 288 g/mol. The first-order valence-corrected chi connectivity index (χ1v) is 8.26. The van der Waals surface area contributed by atoms with Crippen molar-refractivity contribution in [3.05, 3.63) is 29.3 Å². The number of benzene rings is 1. The molecule has 0 aliphatic carbocycles. The van der Waals surface area contributed by atoms with Gasteiger partial charge < -0.3 is 10.2 Å². The zero-order valence-corrected chi connectivity index (χ0v) is 13.4. The summed E-state index contributed by atoms with van der Waals surface area (Å²) in [6.45, 7) is 7.96. The Bertz CT molecular complexity index is 466. The van der Waals surface area contributed by atoms with Crippen molar-refractivity contribution >= 4 is 5.69 Å². The van der Waals surface area contributed by atoms with E-state index < -0.39 is 0 Å². The highest BCUT2D eigenvalue weighted by Crippen LogP contribution is 2.23. The maximum absolute atomic E-state index is 3.66. The molecule has 21 heavy (non-hydrogen) atoms. The molecule has 1 unspecified atom stereocenters. The number of rotatable bonds is 4. The minimum Gasteiger partial charge on any atom is -0.385 e. The normalized spacial score (nSPS) is 21.6. The summed E-state index contributed by atoms with van der Waals surface area (Å²) in [5, 5.41) is 5.86. The van der Waals surface area contributed by atoms with E-state index in [1.165, 1.54) is 29.7 Å². The molecule has 4 heteroatoms. The summed E-state index contributed by atoms with van der Waals surface area (Å²) < 4.78 is 0. The van der Waals surface area contributed by atoms with E-state index >= 15 is 0 Å². The molecule has 116 valence electrons. The van der Waals surface area contributed by atoms with Gasteiger partial charge in [-0.05, 0) is 50.4 Å². The fraction of sp³-hybridized carbons (Fsp3) is 0.647. The van der Waals surface area contributed by atoms with E-state index in [9.17, 15) is 0 Å². The van der Waals surface area contributed by atoms with Crippen molar-refractivity contribution in [3.8, 4) is 0 Å². The van der Waals surface area contributed by atoms with Gasteiger partial charge in [0.15, 0.2) is 0 Å². The molecule has 0 aromatic heterocycles. The van der Waals surface area contributed by atoms with Crippen LogP contribution in [-0.4, -0.2) is 55.7 Å². The van der Waals surface area contributed by atoms with Gasteiger partial charge in [-0.25, -0.2) is 5.01 Å². The molecule has 4 nitrogen and oxygen atoms in total. The summed E-state index contributed by atoms with van der Waals surface area (Å²) in [5.41, 5.74) is 7.94. The molecule has 2 aliphatic heterocycles. The lowest BCUT2D eigenvalue weighted by molar-refractivity contribution is 0.0899. The average molecular weight is 288 g/mol. The zero-order chi connectivity index (χ0) is 14.7. The van der Waals surface area contributed by atoms with Crippen LogP contribution in [0, 0.1) is 0 Å². The predicted molar refractivity (Wildman–Crippen MR) is 88.6 cm³/mol. The zero-order valence-electron chi connectivity index (χ0n) is 13.4. The van der Waals surface area contributed by atoms with Crippen molar-refractivity contribution in [2.45, 2.75) is 32.2 Å². The smallest absolute Gasteiger partial charge is 0.0372 e. The molecule has 1 aromatic rings. The van der Waals surface area contributed by atoms with Crippen LogP contribution in [0.5, 0.6) is 0 Å². The number of anilines is 1. The Morgan fingerprint density at radius 1 is 1.24 bits per heavy atom. The first-order chi connectivity index (χ1) is 10.2. The Morgan fingerprint density at radius 2 is 2.05 bits per heavy atom. The van der Waals surface area contributed by atoms with E-state index in [2.05, 4.69) is 52.8 Å². The third kappa shape index (κ3) is 3.96. The Labute approximate surface area is 128 Å². The molecule has 0 spiro atoms. The molecule has 0 amide bonds. The Kier molecular flexibility index (Phi) is 4.78. The molecular weight excluding hydrogens is 260 g/mol. The maximum atomic E-state index is 3.66. The van der Waals surface area contributed by atoms with Crippen molar-refractivity contribution in [2.24, 2.45) is 0 Å². The summed E-state index contributed by atoms with van der Waals surface area (Å²) >= 11 is 0. The lowest BCUT2D eigenvalue weighted by Gasteiger charge is -2.34. The summed E-state index contributed by atoms with van der Waals surface area (Å²) in [7, 11) is 2.20. The molecule has 2 aliphatic rings. The van der Waals surface area contributed by atoms with Gasteiger partial charge >= 0.3 is 0 Å². The number of aryl methyl sites for hydroxylation is 1. The Morgan fingerprint density at radius 3 is 2.86 bits per heavy atom. The highest BCUT2D eigenvalue weighted by Gasteiger charge is 2.16. The quantitative estimate of drug-likeness (QED) is 0.883. The SMILES string of the molecule is CC(Cc1ccc2c(c1)CCCN2)NN1CCN(C)CC1. The maximum Gasteiger partial charge on any atom is 0.0372 e. The molecule has 0 saturated carbocycles. The van der Waals surface area contributed by atoms with Gasteiger partial charge in [-0.2, -0.15) is 0 Å². The second kappa shape index (κ2) is 6.77. The van der Waals surface area contributed by atoms with Crippen molar-refractivity contribution in [2.75, 3.05) is 45.1 Å². The topological polar surface area (TPSA) is 30.5 Å². The van der Waals surface area contributed by atoms with Crippen LogP contribution in [0.1, 0.15) is 24.5 Å². The van der Waals surface area contributed by atoms with Gasteiger partial charge in [0.05, 0.1) is 0 Å². The molecular formula is C17H28N4. The molecule has 2 N–H and O–H groups in total. The van der Waals surface area contributed by atoms with Crippen molar-refractivity contribution in [1.29, 1.82) is 0 Å². The molecule has 0 radical (unpaired) electrons. The number of hydrazine groups is 1. The minimum absolute atomic E-state index is 0.489. The highest BCUT2D eigenvalue weighted by molar-refractivity contribution is 5.54. The molecule has 1 fully saturated rings. The predicted octanol–water partition coefficient (Wildman–Crippen LogP) is 1.73. The second-order valence-electron chi connectivity index (χ2n) is 6.55. The van der Waals surface area contributed by atoms with Crippen molar-refractivity contribution in [1.82, 2.24) is 15.3 Å². The van der Waals surface area contributed by atoms with Crippen LogP contribution in [0.15, 0.2) is 18.2 Å². The van der Waals surface area contributed by atoms with Crippen molar-refractivity contribution < 1.29 is 0 Å². The van der Waals surface area contributed by atoms with Gasteiger partial charge in [0.25, 0.3) is 0 Å². The van der Waals surface area contributed by atoms with Crippen LogP contribution in [0.2, 0.25) is 0 Å². The van der Waals surface area contributed by atoms with Crippen LogP contribution in [0.25, 0.3) is 0 Å². The van der Waals surface area contributed by atoms with E-state index in [0.717, 1.165) is 39.1 Å². The number of hydrogen-bond donors (Lipinski definition) is 2. The van der Waals surface area contributed by atoms with E-state index in [1.807, 2.05) is 0 Å². The number of piperazine rings is 1. The number of hydrogen-bond acceptors (Lipinski definition) is 4. The van der Waals surface area contributed by atoms with E-state index in [1.54, 1.807) is 0 Å². The molecule has 2 heterocycles. The molecule has 3 rings (SSSR count). The Balaban J connectivity index is 1.53. The Hall–Kier alpha value is -1.10. The first-order valence-electron chi connectivity index (χ1n) is 8.26. The van der Waals surface area contributed by atoms with Crippen molar-refractivity contribution in [3.63, 3.8) is 0 Å². The highest BCUT2D eigenvalue weighted by atomic mass is 15.5. The molecule has 1 atom stereocenters. The largest absolute Gasteiger partial charge is 0.385 e. The van der Waals surface area contributed by atoms with Crippen LogP contribution in [0.4, 0.5) is 5.69 Å². The second-order valence-corrected chi connectivity index (χ2v) is 6.55. The van der Waals surface area contributed by atoms with Crippen LogP contribution < -0.4 is 10.7 Å². The number of likely N-dealkylation sites (N-methyl/N-ethyl adjacent to an activating group) is 1. The third-order valence-electron chi connectivity index (χ3n) is 4.56. The fourth-order valence-electron chi connectivity index (χ4n) is 3.30. The van der Waals surface area contributed by atoms with Gasteiger partial charge in [0.2, 0.25) is 0 Å². The van der Waals surface area contributed by atoms with Gasteiger partial charge in [-0.15, -0.1) is 0 Å².